The van der Waals surface area contributed by atoms with E-state index in [-0.39, 0.29) is 31.2 Å². The molecule has 0 unspecified atom stereocenters. The molecule has 45 heavy (non-hydrogen) atoms. The fourth-order valence-corrected chi connectivity index (χ4v) is 5.02. The minimum absolute atomic E-state index is 0. The van der Waals surface area contributed by atoms with Crippen LogP contribution in [0.25, 0.3) is 66.4 Å². The van der Waals surface area contributed by atoms with Gasteiger partial charge < -0.3 is 18.8 Å². The number of para-hydroxylation sites is 1. The molecular formula is C37H23F3IrN2O2-2. The molecule has 0 amide bonds. The third-order valence-corrected chi connectivity index (χ3v) is 7.13. The summed E-state index contributed by atoms with van der Waals surface area (Å²) in [7, 11) is 0. The van der Waals surface area contributed by atoms with Gasteiger partial charge in [-0.15, -0.1) is 53.6 Å². The van der Waals surface area contributed by atoms with Crippen molar-refractivity contribution < 1.29 is 50.3 Å². The van der Waals surface area contributed by atoms with Crippen LogP contribution in [-0.2, 0) is 26.3 Å². The van der Waals surface area contributed by atoms with Crippen molar-refractivity contribution >= 4 is 43.9 Å². The Morgan fingerprint density at radius 3 is 2.29 bits per heavy atom. The van der Waals surface area contributed by atoms with Crippen LogP contribution in [-0.4, -0.2) is 9.97 Å². The normalized spacial score (nSPS) is 14.0. The monoisotopic (exact) mass is 783 g/mol. The molecule has 8 rings (SSSR count). The number of halogens is 3. The average Bonchev–Trinajstić information content (AvgIpc) is 3.64. The van der Waals surface area contributed by atoms with Gasteiger partial charge in [0.2, 0.25) is 0 Å². The Bertz CT molecular complexity index is 2450. The van der Waals surface area contributed by atoms with Gasteiger partial charge in [-0.3, -0.25) is 0 Å². The Balaban J connectivity index is 0.000000188. The molecule has 8 heteroatoms. The van der Waals surface area contributed by atoms with Crippen molar-refractivity contribution in [2.45, 2.75) is 19.9 Å². The first-order chi connectivity index (χ1) is 23.7. The summed E-state index contributed by atoms with van der Waals surface area (Å²) >= 11 is 0. The number of aryl methyl sites for hydroxylation is 2. The fraction of sp³-hybridized carbons (Fsp3) is 0.0811. The van der Waals surface area contributed by atoms with Crippen LogP contribution in [0.15, 0.2) is 112 Å². The molecule has 1 radical (unpaired) electrons. The van der Waals surface area contributed by atoms with Crippen LogP contribution in [0.2, 0.25) is 0 Å². The van der Waals surface area contributed by atoms with Gasteiger partial charge in [0.1, 0.15) is 16.7 Å². The van der Waals surface area contributed by atoms with E-state index >= 15 is 0 Å². The predicted octanol–water partition coefficient (Wildman–Crippen LogP) is 10.5. The quantitative estimate of drug-likeness (QED) is 0.164. The Kier molecular flexibility index (Phi) is 6.27. The summed E-state index contributed by atoms with van der Waals surface area (Å²) < 4.78 is 94.0. The molecule has 0 atom stereocenters. The Morgan fingerprint density at radius 2 is 1.53 bits per heavy atom. The van der Waals surface area contributed by atoms with Gasteiger partial charge in [-0.2, -0.15) is 13.2 Å². The molecular weight excluding hydrogens is 754 g/mol. The average molecular weight is 783 g/mol. The molecule has 4 aromatic heterocycles. The summed E-state index contributed by atoms with van der Waals surface area (Å²) in [4.78, 5) is 8.09. The standard InChI is InChI=1S/C24H14NO2.C13H9F3N.Ir/c1-14-9-10-25-20(11-14)17-7-4-6-16-19-12-18-15-5-2-3-8-21(15)26-22(18)13-23(19)27-24(16)17;1-9-2-4-10(5-3-9)12-7-6-11(8-17-12)13(14,15)16;/h2-6,8-13H,1H3;2-4,6-8H,1H3;/q2*-1;/i2*1D3;. The number of pyridine rings is 2. The predicted molar refractivity (Wildman–Crippen MR) is 166 cm³/mol. The number of hydrogen-bond donors (Lipinski definition) is 0. The molecule has 0 aliphatic rings. The molecule has 4 aromatic carbocycles. The van der Waals surface area contributed by atoms with E-state index in [9.17, 15) is 13.2 Å². The third kappa shape index (κ3) is 5.87. The smallest absolute Gasteiger partial charge is 0.417 e. The number of hydrogen-bond acceptors (Lipinski definition) is 4. The Hall–Kier alpha value is -4.78. The van der Waals surface area contributed by atoms with Crippen molar-refractivity contribution in [3.8, 4) is 22.5 Å². The van der Waals surface area contributed by atoms with Crippen molar-refractivity contribution in [2.24, 2.45) is 0 Å². The van der Waals surface area contributed by atoms with Crippen LogP contribution in [0.3, 0.4) is 0 Å². The van der Waals surface area contributed by atoms with E-state index in [0.717, 1.165) is 45.0 Å². The third-order valence-electron chi connectivity index (χ3n) is 7.13. The van der Waals surface area contributed by atoms with Gasteiger partial charge in [0.15, 0.2) is 0 Å². The Morgan fingerprint density at radius 1 is 0.711 bits per heavy atom. The summed E-state index contributed by atoms with van der Waals surface area (Å²) in [6, 6.07) is 30.9. The zero-order chi connectivity index (χ0) is 35.4. The molecule has 0 saturated carbocycles. The van der Waals surface area contributed by atoms with Crippen molar-refractivity contribution in [3.05, 3.63) is 132 Å². The van der Waals surface area contributed by atoms with Crippen LogP contribution in [0, 0.1) is 25.8 Å². The molecule has 4 nitrogen and oxygen atoms in total. The first kappa shape index (κ1) is 23.6. The van der Waals surface area contributed by atoms with E-state index in [4.69, 9.17) is 17.1 Å². The molecule has 8 aromatic rings. The number of fused-ring (bicyclic) bond motifs is 6. The SMILES string of the molecule is [2H]C([2H])([2H])c1c[c-]c(-c2ccc(C(F)(F)F)cn2)cc1.[2H]C([2H])([2H])c1ccnc(-c2[c-]ccc3c2oc2cc4oc5ccccc5c4cc23)c1.[Ir]. The van der Waals surface area contributed by atoms with E-state index in [2.05, 4.69) is 28.2 Å². The summed E-state index contributed by atoms with van der Waals surface area (Å²) in [5.74, 6) is 0. The largest absolute Gasteiger partial charge is 0.500 e. The number of furan rings is 2. The van der Waals surface area contributed by atoms with Crippen LogP contribution < -0.4 is 0 Å². The molecule has 4 heterocycles. The van der Waals surface area contributed by atoms with Crippen molar-refractivity contribution in [3.63, 3.8) is 0 Å². The van der Waals surface area contributed by atoms with Crippen molar-refractivity contribution in [1.82, 2.24) is 9.97 Å². The van der Waals surface area contributed by atoms with Gasteiger partial charge in [-0.05, 0) is 36.4 Å². The number of rotatable bonds is 2. The molecule has 0 aliphatic carbocycles. The van der Waals surface area contributed by atoms with Crippen molar-refractivity contribution in [2.75, 3.05) is 0 Å². The second kappa shape index (κ2) is 12.0. The summed E-state index contributed by atoms with van der Waals surface area (Å²) in [5, 5.41) is 3.97. The number of alkyl halides is 3. The van der Waals surface area contributed by atoms with E-state index in [1.807, 2.05) is 42.5 Å². The molecule has 225 valence electrons. The maximum absolute atomic E-state index is 12.4. The van der Waals surface area contributed by atoms with E-state index in [1.54, 1.807) is 6.07 Å². The van der Waals surface area contributed by atoms with Gasteiger partial charge in [0, 0.05) is 62.9 Å². The molecule has 0 aliphatic heterocycles. The minimum Gasteiger partial charge on any atom is -0.500 e. The first-order valence-electron chi connectivity index (χ1n) is 16.4. The fourth-order valence-electron chi connectivity index (χ4n) is 5.02. The van der Waals surface area contributed by atoms with E-state index < -0.39 is 25.4 Å². The maximum Gasteiger partial charge on any atom is 0.417 e. The number of aromatic nitrogens is 2. The van der Waals surface area contributed by atoms with Gasteiger partial charge in [0.05, 0.1) is 11.1 Å². The van der Waals surface area contributed by atoms with E-state index in [0.29, 0.717) is 33.7 Å². The van der Waals surface area contributed by atoms with Gasteiger partial charge in [0.25, 0.3) is 0 Å². The zero-order valence-corrected chi connectivity index (χ0v) is 25.4. The minimum atomic E-state index is -4.43. The molecule has 0 saturated heterocycles. The molecule has 0 spiro atoms. The molecule has 0 N–H and O–H groups in total. The first-order valence-corrected chi connectivity index (χ1v) is 13.4. The number of nitrogens with zero attached hydrogens (tertiary/aromatic N) is 2. The van der Waals surface area contributed by atoms with Crippen LogP contribution in [0.5, 0.6) is 0 Å². The summed E-state index contributed by atoms with van der Waals surface area (Å²) in [6.07, 6.45) is -2.19. The summed E-state index contributed by atoms with van der Waals surface area (Å²) in [6.45, 7) is -4.44. The van der Waals surface area contributed by atoms with Crippen LogP contribution >= 0.6 is 0 Å². The van der Waals surface area contributed by atoms with Gasteiger partial charge in [-0.25, -0.2) is 0 Å². The van der Waals surface area contributed by atoms with Crippen molar-refractivity contribution in [1.29, 1.82) is 0 Å². The number of benzene rings is 4. The van der Waals surface area contributed by atoms with Gasteiger partial charge >= 0.3 is 6.18 Å². The zero-order valence-electron chi connectivity index (χ0n) is 29.0. The van der Waals surface area contributed by atoms with Crippen LogP contribution in [0.1, 0.15) is 24.9 Å². The molecule has 0 bridgehead atoms. The van der Waals surface area contributed by atoms with Gasteiger partial charge in [-0.1, -0.05) is 59.8 Å². The van der Waals surface area contributed by atoms with E-state index in [1.165, 1.54) is 36.5 Å². The Labute approximate surface area is 278 Å². The second-order valence-electron chi connectivity index (χ2n) is 9.99. The second-order valence-corrected chi connectivity index (χ2v) is 9.99. The maximum atomic E-state index is 12.4. The molecule has 0 fully saturated rings. The summed E-state index contributed by atoms with van der Waals surface area (Å²) in [5.41, 5.74) is 4.33. The van der Waals surface area contributed by atoms with Crippen LogP contribution in [0.4, 0.5) is 13.2 Å². The topological polar surface area (TPSA) is 52.1 Å².